The zero-order valence-corrected chi connectivity index (χ0v) is 28.9. The second-order valence-corrected chi connectivity index (χ2v) is 14.6. The Morgan fingerprint density at radius 2 is 1.28 bits per heavy atom. The summed E-state index contributed by atoms with van der Waals surface area (Å²) >= 11 is 0. The van der Waals surface area contributed by atoms with Gasteiger partial charge in [0.15, 0.2) is 11.7 Å². The van der Waals surface area contributed by atoms with E-state index in [1.807, 2.05) is 0 Å². The van der Waals surface area contributed by atoms with E-state index in [2.05, 4.69) is 6.58 Å². The molecule has 2 aromatic rings. The van der Waals surface area contributed by atoms with Gasteiger partial charge in [0.25, 0.3) is 0 Å². The molecule has 0 radical (unpaired) electrons. The Labute approximate surface area is 290 Å². The van der Waals surface area contributed by atoms with Gasteiger partial charge < -0.3 is 39.0 Å². The van der Waals surface area contributed by atoms with Crippen LogP contribution in [0, 0.1) is 23.7 Å². The van der Waals surface area contributed by atoms with Crippen LogP contribution in [0.15, 0.2) is 72.8 Å². The van der Waals surface area contributed by atoms with Crippen molar-refractivity contribution in [3.8, 4) is 0 Å². The number of carbonyl (C=O) groups excluding carboxylic acids is 4. The van der Waals surface area contributed by atoms with Crippen molar-refractivity contribution in [1.29, 1.82) is 0 Å². The van der Waals surface area contributed by atoms with E-state index in [0.29, 0.717) is 0 Å². The van der Waals surface area contributed by atoms with Crippen LogP contribution in [-0.4, -0.2) is 92.1 Å². The second-order valence-electron chi connectivity index (χ2n) is 14.6. The fraction of sp³-hybridized carbons (Fsp3) is 0.526. The highest BCUT2D eigenvalue weighted by atomic mass is 16.7. The van der Waals surface area contributed by atoms with Crippen molar-refractivity contribution in [3.63, 3.8) is 0 Å². The molecule has 4 aliphatic rings. The topological polar surface area (TPSA) is 175 Å². The van der Waals surface area contributed by atoms with Gasteiger partial charge in [-0.1, -0.05) is 56.8 Å². The van der Waals surface area contributed by atoms with Gasteiger partial charge in [-0.15, -0.1) is 0 Å². The van der Waals surface area contributed by atoms with Crippen LogP contribution in [0.3, 0.4) is 0 Å². The van der Waals surface area contributed by atoms with E-state index in [1.165, 1.54) is 39.8 Å². The third kappa shape index (κ3) is 4.94. The summed E-state index contributed by atoms with van der Waals surface area (Å²) in [6.07, 6.45) is -7.37. The van der Waals surface area contributed by atoms with Crippen molar-refractivity contribution in [2.75, 3.05) is 0 Å². The highest BCUT2D eigenvalue weighted by Crippen LogP contribution is 2.70. The van der Waals surface area contributed by atoms with E-state index in [-0.39, 0.29) is 23.1 Å². The van der Waals surface area contributed by atoms with Gasteiger partial charge in [0, 0.05) is 25.7 Å². The number of aliphatic hydroxyl groups is 3. The Hall–Kier alpha value is -4.10. The molecule has 0 amide bonds. The summed E-state index contributed by atoms with van der Waals surface area (Å²) in [5, 5.41) is 37.9. The molecule has 50 heavy (non-hydrogen) atoms. The third-order valence-corrected chi connectivity index (χ3v) is 11.6. The number of aliphatic hydroxyl groups excluding tert-OH is 1. The summed E-state index contributed by atoms with van der Waals surface area (Å²) in [6.45, 7) is 12.6. The Bertz CT molecular complexity index is 1700. The van der Waals surface area contributed by atoms with Crippen LogP contribution in [0.5, 0.6) is 0 Å². The minimum absolute atomic E-state index is 0.0216. The van der Waals surface area contributed by atoms with Gasteiger partial charge in [-0.05, 0) is 56.0 Å². The lowest BCUT2D eigenvalue weighted by atomic mass is 9.53. The summed E-state index contributed by atoms with van der Waals surface area (Å²) in [5.74, 6) is -7.37. The SMILES string of the molecule is C=C(C)[C@@]1(O)[C@H](OC(=O)c2ccccc2)[C@@H]2[C@H](OC(C)=O)[C@]3(C)O[C@]4([C@@H]3OC(=O)c3ccccc3)[C@@H](OC(C)=O)[C@@H](C)C[C@H]4[C@@]2(O)[C@H](C)[C@@H]1O. The van der Waals surface area contributed by atoms with Crippen LogP contribution in [0.2, 0.25) is 0 Å². The lowest BCUT2D eigenvalue weighted by Gasteiger charge is -2.62. The molecule has 2 saturated heterocycles. The van der Waals surface area contributed by atoms with Crippen molar-refractivity contribution in [2.24, 2.45) is 23.7 Å². The molecule has 12 nitrogen and oxygen atoms in total. The number of esters is 4. The fourth-order valence-electron chi connectivity index (χ4n) is 9.48. The van der Waals surface area contributed by atoms with Crippen LogP contribution in [-0.2, 0) is 33.3 Å². The molecule has 2 bridgehead atoms. The van der Waals surface area contributed by atoms with Crippen molar-refractivity contribution in [3.05, 3.63) is 83.9 Å². The predicted molar refractivity (Wildman–Crippen MR) is 175 cm³/mol. The number of rotatable bonds is 7. The monoisotopic (exact) mass is 692 g/mol. The summed E-state index contributed by atoms with van der Waals surface area (Å²) in [5.41, 5.74) is -7.67. The minimum Gasteiger partial charge on any atom is -0.459 e. The van der Waals surface area contributed by atoms with Gasteiger partial charge in [0.2, 0.25) is 0 Å². The second kappa shape index (κ2) is 12.3. The summed E-state index contributed by atoms with van der Waals surface area (Å²) < 4.78 is 31.2. The molecular weight excluding hydrogens is 648 g/mol. The average molecular weight is 693 g/mol. The molecule has 3 N–H and O–H groups in total. The standard InChI is InChI=1S/C38H44O12/c1-19(2)36(44)28(41)21(4)37(45)26-18-20(3)29(46-22(5)39)38(26)34(49-33(43)25-16-12-9-13-17-25)35(7,50-38)30(47-23(6)40)27(37)31(36)48-32(42)24-14-10-8-11-15-24/h8-17,20-21,26-31,34,41,44-45H,1,18H2,2-7H3/t20-,21+,26-,27-,28-,29-,30-,31+,34+,35-,36-,37-,38-/m0/s1. The van der Waals surface area contributed by atoms with Gasteiger partial charge in [0.05, 0.1) is 28.7 Å². The molecule has 2 aliphatic heterocycles. The number of benzene rings is 2. The third-order valence-electron chi connectivity index (χ3n) is 11.6. The number of carbonyl (C=O) groups is 4. The van der Waals surface area contributed by atoms with Gasteiger partial charge >= 0.3 is 23.9 Å². The summed E-state index contributed by atoms with van der Waals surface area (Å²) in [7, 11) is 0. The average Bonchev–Trinajstić information content (AvgIpc) is 3.31. The zero-order chi connectivity index (χ0) is 36.6. The first-order chi connectivity index (χ1) is 23.4. The molecule has 12 heteroatoms. The Morgan fingerprint density at radius 3 is 1.78 bits per heavy atom. The van der Waals surface area contributed by atoms with E-state index >= 15 is 0 Å². The normalized spacial score (nSPS) is 41.3. The minimum atomic E-state index is -2.37. The van der Waals surface area contributed by atoms with Crippen LogP contribution in [0.1, 0.15) is 68.7 Å². The lowest BCUT2D eigenvalue weighted by molar-refractivity contribution is -0.389. The molecule has 2 heterocycles. The molecule has 2 aromatic carbocycles. The Balaban J connectivity index is 1.61. The Morgan fingerprint density at radius 1 is 0.780 bits per heavy atom. The molecule has 2 saturated carbocycles. The number of hydrogen-bond acceptors (Lipinski definition) is 12. The first kappa shape index (κ1) is 35.7. The Kier molecular flexibility index (Phi) is 8.78. The van der Waals surface area contributed by atoms with Crippen LogP contribution >= 0.6 is 0 Å². The van der Waals surface area contributed by atoms with Crippen LogP contribution in [0.25, 0.3) is 0 Å². The molecule has 6 rings (SSSR count). The van der Waals surface area contributed by atoms with E-state index in [0.717, 1.165) is 6.92 Å². The molecule has 1 spiro atoms. The van der Waals surface area contributed by atoms with E-state index in [4.69, 9.17) is 23.7 Å². The quantitative estimate of drug-likeness (QED) is 0.220. The van der Waals surface area contributed by atoms with Gasteiger partial charge in [-0.3, -0.25) is 9.59 Å². The molecular formula is C38H44O12. The van der Waals surface area contributed by atoms with Crippen LogP contribution < -0.4 is 0 Å². The van der Waals surface area contributed by atoms with Crippen molar-refractivity contribution >= 4 is 23.9 Å². The summed E-state index contributed by atoms with van der Waals surface area (Å²) in [6, 6.07) is 16.1. The molecule has 13 atom stereocenters. The van der Waals surface area contributed by atoms with Gasteiger partial charge in [0.1, 0.15) is 29.5 Å². The van der Waals surface area contributed by atoms with E-state index < -0.39 is 100 Å². The molecule has 268 valence electrons. The van der Waals surface area contributed by atoms with Crippen molar-refractivity contribution in [1.82, 2.24) is 0 Å². The molecule has 0 unspecified atom stereocenters. The largest absolute Gasteiger partial charge is 0.459 e. The molecule has 4 fully saturated rings. The van der Waals surface area contributed by atoms with Crippen molar-refractivity contribution in [2.45, 2.75) is 101 Å². The van der Waals surface area contributed by atoms with Gasteiger partial charge in [-0.25, -0.2) is 9.59 Å². The maximum atomic E-state index is 13.8. The fourth-order valence-corrected chi connectivity index (χ4v) is 9.48. The van der Waals surface area contributed by atoms with Crippen molar-refractivity contribution < 1.29 is 58.2 Å². The highest BCUT2D eigenvalue weighted by Gasteiger charge is 2.88. The number of fused-ring (bicyclic) bond motifs is 3. The highest BCUT2D eigenvalue weighted by molar-refractivity contribution is 5.90. The first-order valence-electron chi connectivity index (χ1n) is 16.8. The van der Waals surface area contributed by atoms with Gasteiger partial charge in [-0.2, -0.15) is 0 Å². The first-order valence-corrected chi connectivity index (χ1v) is 16.8. The zero-order valence-electron chi connectivity index (χ0n) is 28.9. The molecule has 2 aliphatic carbocycles. The smallest absolute Gasteiger partial charge is 0.338 e. The molecule has 0 aromatic heterocycles. The lowest BCUT2D eigenvalue weighted by Crippen LogP contribution is -2.80. The number of hydrogen-bond donors (Lipinski definition) is 3. The predicted octanol–water partition coefficient (Wildman–Crippen LogP) is 3.16. The maximum absolute atomic E-state index is 13.8. The van der Waals surface area contributed by atoms with E-state index in [1.54, 1.807) is 55.5 Å². The maximum Gasteiger partial charge on any atom is 0.338 e. The summed E-state index contributed by atoms with van der Waals surface area (Å²) in [4.78, 5) is 53.2. The van der Waals surface area contributed by atoms with Crippen LogP contribution in [0.4, 0.5) is 0 Å². The number of ether oxygens (including phenoxy) is 5. The van der Waals surface area contributed by atoms with E-state index in [9.17, 15) is 34.5 Å².